The van der Waals surface area contributed by atoms with Crippen molar-refractivity contribution in [3.8, 4) is 0 Å². The molecule has 0 atom stereocenters. The summed E-state index contributed by atoms with van der Waals surface area (Å²) in [6.07, 6.45) is 0.294. The Bertz CT molecular complexity index is 392. The Kier molecular flexibility index (Phi) is 5.35. The second-order valence-electron chi connectivity index (χ2n) is 3.29. The Labute approximate surface area is 104 Å². The van der Waals surface area contributed by atoms with Crippen molar-refractivity contribution in [2.75, 3.05) is 18.5 Å². The van der Waals surface area contributed by atoms with Crippen LogP contribution in [-0.4, -0.2) is 24.7 Å². The lowest BCUT2D eigenvalue weighted by atomic mass is 10.3. The van der Waals surface area contributed by atoms with Gasteiger partial charge in [0.2, 0.25) is 5.91 Å². The maximum Gasteiger partial charge on any atom is 0.321 e. The molecule has 0 aliphatic heterocycles. The average molecular weight is 253 g/mol. The highest BCUT2D eigenvalue weighted by Gasteiger charge is 2.05. The number of nitrogens with one attached hydrogen (secondary N) is 2. The fraction of sp³-hybridized carbons (Fsp3) is 0.273. The molecule has 5 nitrogen and oxygen atoms in total. The largest absolute Gasteiger partial charge is 0.399 e. The summed E-state index contributed by atoms with van der Waals surface area (Å²) in [6, 6.07) is 6.94. The minimum Gasteiger partial charge on any atom is -0.399 e. The lowest BCUT2D eigenvalue weighted by molar-refractivity contribution is -0.119. The number of rotatable bonds is 4. The summed E-state index contributed by atoms with van der Waals surface area (Å²) in [5.74, 6) is 0.333. The molecule has 0 saturated carbocycles. The minimum absolute atomic E-state index is 0.285. The first-order valence-corrected chi connectivity index (χ1v) is 6.10. The van der Waals surface area contributed by atoms with E-state index in [0.717, 1.165) is 4.90 Å². The van der Waals surface area contributed by atoms with E-state index in [9.17, 15) is 9.59 Å². The molecule has 0 saturated heterocycles. The van der Waals surface area contributed by atoms with Gasteiger partial charge in [-0.2, -0.15) is 0 Å². The molecule has 92 valence electrons. The summed E-state index contributed by atoms with van der Waals surface area (Å²) in [4.78, 5) is 23.1. The van der Waals surface area contributed by atoms with Gasteiger partial charge in [-0.15, -0.1) is 11.8 Å². The van der Waals surface area contributed by atoms with E-state index in [0.29, 0.717) is 17.9 Å². The van der Waals surface area contributed by atoms with Crippen LogP contribution in [0, 0.1) is 0 Å². The smallest absolute Gasteiger partial charge is 0.321 e. The number of nitrogen functional groups attached to an aromatic ring is 1. The highest BCUT2D eigenvalue weighted by atomic mass is 32.2. The molecular weight excluding hydrogens is 238 g/mol. The molecule has 0 radical (unpaired) electrons. The van der Waals surface area contributed by atoms with Crippen molar-refractivity contribution in [2.24, 2.45) is 0 Å². The average Bonchev–Trinajstić information content (AvgIpc) is 2.31. The molecule has 0 bridgehead atoms. The molecule has 0 fully saturated rings. The van der Waals surface area contributed by atoms with E-state index in [1.165, 1.54) is 7.05 Å². The number of amides is 3. The number of nitrogens with two attached hydrogens (primary N) is 1. The van der Waals surface area contributed by atoms with Crippen LogP contribution < -0.4 is 16.4 Å². The van der Waals surface area contributed by atoms with Gasteiger partial charge in [0.25, 0.3) is 0 Å². The molecule has 0 aliphatic carbocycles. The van der Waals surface area contributed by atoms with Crippen molar-refractivity contribution in [3.63, 3.8) is 0 Å². The Morgan fingerprint density at radius 3 is 2.53 bits per heavy atom. The first-order valence-electron chi connectivity index (χ1n) is 5.11. The van der Waals surface area contributed by atoms with Crippen molar-refractivity contribution in [1.29, 1.82) is 0 Å². The summed E-state index contributed by atoms with van der Waals surface area (Å²) in [6.45, 7) is 0. The number of hydrogen-bond acceptors (Lipinski definition) is 4. The zero-order chi connectivity index (χ0) is 12.7. The van der Waals surface area contributed by atoms with Crippen LogP contribution >= 0.6 is 11.8 Å². The van der Waals surface area contributed by atoms with E-state index in [1.807, 2.05) is 24.3 Å². The van der Waals surface area contributed by atoms with Crippen LogP contribution in [0.5, 0.6) is 0 Å². The molecule has 0 aliphatic rings. The summed E-state index contributed by atoms with van der Waals surface area (Å²) in [5, 5.41) is 4.52. The van der Waals surface area contributed by atoms with Crippen LogP contribution in [0.4, 0.5) is 10.5 Å². The van der Waals surface area contributed by atoms with E-state index in [4.69, 9.17) is 5.73 Å². The number of hydrogen-bond donors (Lipinski definition) is 3. The second kappa shape index (κ2) is 6.80. The Morgan fingerprint density at radius 2 is 1.94 bits per heavy atom. The lowest BCUT2D eigenvalue weighted by Crippen LogP contribution is -2.37. The monoisotopic (exact) mass is 253 g/mol. The molecule has 0 unspecified atom stereocenters. The number of carbonyl (C=O) groups is 2. The third-order valence-corrected chi connectivity index (χ3v) is 2.97. The van der Waals surface area contributed by atoms with Gasteiger partial charge in [-0.05, 0) is 24.3 Å². The highest BCUT2D eigenvalue weighted by molar-refractivity contribution is 7.99. The van der Waals surface area contributed by atoms with E-state index in [1.54, 1.807) is 11.8 Å². The van der Waals surface area contributed by atoms with Gasteiger partial charge in [0.1, 0.15) is 0 Å². The van der Waals surface area contributed by atoms with Gasteiger partial charge in [-0.1, -0.05) is 0 Å². The number of carbonyl (C=O) groups excluding carboxylic acids is 2. The molecular formula is C11H15N3O2S. The van der Waals surface area contributed by atoms with Crippen LogP contribution in [0.15, 0.2) is 29.2 Å². The van der Waals surface area contributed by atoms with Gasteiger partial charge < -0.3 is 11.1 Å². The Hall–Kier alpha value is -1.69. The molecule has 1 aromatic rings. The van der Waals surface area contributed by atoms with E-state index in [-0.39, 0.29) is 5.91 Å². The van der Waals surface area contributed by atoms with Gasteiger partial charge in [0.15, 0.2) is 0 Å². The first kappa shape index (κ1) is 13.4. The molecule has 1 rings (SSSR count). The Balaban J connectivity index is 2.26. The number of benzene rings is 1. The van der Waals surface area contributed by atoms with Crippen LogP contribution in [0.25, 0.3) is 0 Å². The topological polar surface area (TPSA) is 84.2 Å². The maximum absolute atomic E-state index is 11.3. The first-order chi connectivity index (χ1) is 8.11. The van der Waals surface area contributed by atoms with Gasteiger partial charge in [-0.3, -0.25) is 10.1 Å². The van der Waals surface area contributed by atoms with E-state index < -0.39 is 6.03 Å². The van der Waals surface area contributed by atoms with Crippen LogP contribution in [0.3, 0.4) is 0 Å². The molecule has 0 spiro atoms. The molecule has 0 heterocycles. The predicted molar refractivity (Wildman–Crippen MR) is 68.8 cm³/mol. The quantitative estimate of drug-likeness (QED) is 0.556. The van der Waals surface area contributed by atoms with Crippen LogP contribution in [-0.2, 0) is 4.79 Å². The molecule has 17 heavy (non-hydrogen) atoms. The molecule has 4 N–H and O–H groups in total. The maximum atomic E-state index is 11.3. The summed E-state index contributed by atoms with van der Waals surface area (Å²) in [7, 11) is 1.46. The fourth-order valence-corrected chi connectivity index (χ4v) is 1.93. The number of urea groups is 1. The number of thioether (sulfide) groups is 1. The van der Waals surface area contributed by atoms with Crippen LogP contribution in [0.2, 0.25) is 0 Å². The van der Waals surface area contributed by atoms with E-state index >= 15 is 0 Å². The van der Waals surface area contributed by atoms with Crippen molar-refractivity contribution >= 4 is 29.4 Å². The highest BCUT2D eigenvalue weighted by Crippen LogP contribution is 2.19. The SMILES string of the molecule is CNC(=O)NC(=O)CCSc1ccc(N)cc1. The van der Waals surface area contributed by atoms with Gasteiger partial charge in [0.05, 0.1) is 0 Å². The third kappa shape index (κ3) is 5.26. The van der Waals surface area contributed by atoms with Gasteiger partial charge >= 0.3 is 6.03 Å². The lowest BCUT2D eigenvalue weighted by Gasteiger charge is -2.03. The molecule has 3 amide bonds. The number of anilines is 1. The number of imide groups is 1. The zero-order valence-corrected chi connectivity index (χ0v) is 10.3. The summed E-state index contributed by atoms with van der Waals surface area (Å²) < 4.78 is 0. The van der Waals surface area contributed by atoms with Gasteiger partial charge in [-0.25, -0.2) is 4.79 Å². The van der Waals surface area contributed by atoms with Crippen molar-refractivity contribution in [2.45, 2.75) is 11.3 Å². The normalized spacial score (nSPS) is 9.71. The minimum atomic E-state index is -0.479. The Morgan fingerprint density at radius 1 is 1.29 bits per heavy atom. The second-order valence-corrected chi connectivity index (χ2v) is 4.46. The van der Waals surface area contributed by atoms with Crippen molar-refractivity contribution in [1.82, 2.24) is 10.6 Å². The molecule has 0 aromatic heterocycles. The zero-order valence-electron chi connectivity index (χ0n) is 9.53. The molecule has 6 heteroatoms. The van der Waals surface area contributed by atoms with E-state index in [2.05, 4.69) is 10.6 Å². The van der Waals surface area contributed by atoms with Crippen LogP contribution in [0.1, 0.15) is 6.42 Å². The summed E-state index contributed by atoms with van der Waals surface area (Å²) in [5.41, 5.74) is 6.27. The standard InChI is InChI=1S/C11H15N3O2S/c1-13-11(16)14-10(15)6-7-17-9-4-2-8(12)3-5-9/h2-5H,6-7,12H2,1H3,(H2,13,14,15,16). The third-order valence-electron chi connectivity index (χ3n) is 1.96. The van der Waals surface area contributed by atoms with Gasteiger partial charge in [0, 0.05) is 29.8 Å². The molecule has 1 aromatic carbocycles. The fourth-order valence-electron chi connectivity index (χ4n) is 1.08. The summed E-state index contributed by atoms with van der Waals surface area (Å²) >= 11 is 1.54. The van der Waals surface area contributed by atoms with Crippen molar-refractivity contribution < 1.29 is 9.59 Å². The van der Waals surface area contributed by atoms with Crippen molar-refractivity contribution in [3.05, 3.63) is 24.3 Å². The predicted octanol–water partition coefficient (Wildman–Crippen LogP) is 1.21.